The molecule has 0 radical (unpaired) electrons. The molecule has 0 unspecified atom stereocenters. The van der Waals surface area contributed by atoms with Gasteiger partial charge in [0.1, 0.15) is 0 Å². The number of rotatable bonds is 9. The zero-order valence-electron chi connectivity index (χ0n) is 20.1. The molecule has 1 aliphatic heterocycles. The SMILES string of the molecule is CS(=O)(=O)c1cccc(S(=O)(=O)N(Cc2cccnc2)C2CCN(CCc3ccc(Cl)cc3)CC2)c1. The molecule has 2 aromatic carbocycles. The fourth-order valence-corrected chi connectivity index (χ4v) is 7.04. The first kappa shape index (κ1) is 26.8. The average molecular weight is 548 g/mol. The van der Waals surface area contributed by atoms with Gasteiger partial charge in [-0.3, -0.25) is 4.98 Å². The molecule has 0 saturated carbocycles. The van der Waals surface area contributed by atoms with Crippen molar-refractivity contribution < 1.29 is 16.8 Å². The van der Waals surface area contributed by atoms with E-state index >= 15 is 0 Å². The van der Waals surface area contributed by atoms with Crippen LogP contribution in [0.1, 0.15) is 24.0 Å². The van der Waals surface area contributed by atoms with Crippen molar-refractivity contribution in [3.05, 3.63) is 89.2 Å². The van der Waals surface area contributed by atoms with Crippen molar-refractivity contribution in [2.24, 2.45) is 0 Å². The Balaban J connectivity index is 1.52. The number of piperidine rings is 1. The van der Waals surface area contributed by atoms with Gasteiger partial charge >= 0.3 is 0 Å². The second kappa shape index (κ2) is 11.4. The monoisotopic (exact) mass is 547 g/mol. The predicted molar refractivity (Wildman–Crippen MR) is 141 cm³/mol. The van der Waals surface area contributed by atoms with E-state index in [1.807, 2.05) is 30.3 Å². The van der Waals surface area contributed by atoms with Crippen LogP contribution in [0.4, 0.5) is 0 Å². The molecule has 0 amide bonds. The Morgan fingerprint density at radius 3 is 2.28 bits per heavy atom. The van der Waals surface area contributed by atoms with Gasteiger partial charge in [-0.25, -0.2) is 16.8 Å². The van der Waals surface area contributed by atoms with Crippen LogP contribution in [0.25, 0.3) is 0 Å². The summed E-state index contributed by atoms with van der Waals surface area (Å²) < 4.78 is 53.3. The van der Waals surface area contributed by atoms with Crippen LogP contribution in [0.2, 0.25) is 5.02 Å². The second-order valence-corrected chi connectivity index (χ2v) is 13.5. The minimum Gasteiger partial charge on any atom is -0.303 e. The fourth-order valence-electron chi connectivity index (χ4n) is 4.45. The van der Waals surface area contributed by atoms with Crippen molar-refractivity contribution in [2.75, 3.05) is 25.9 Å². The van der Waals surface area contributed by atoms with Crippen LogP contribution in [-0.4, -0.2) is 63.0 Å². The van der Waals surface area contributed by atoms with E-state index in [1.165, 1.54) is 34.1 Å². The van der Waals surface area contributed by atoms with Crippen LogP contribution in [0.5, 0.6) is 0 Å². The quantitative estimate of drug-likeness (QED) is 0.402. The summed E-state index contributed by atoms with van der Waals surface area (Å²) in [7, 11) is -7.49. The van der Waals surface area contributed by atoms with Gasteiger partial charge in [-0.05, 0) is 79.9 Å². The number of sulfonamides is 1. The van der Waals surface area contributed by atoms with Crippen molar-refractivity contribution in [3.63, 3.8) is 0 Å². The lowest BCUT2D eigenvalue weighted by Crippen LogP contribution is -2.47. The van der Waals surface area contributed by atoms with Gasteiger partial charge in [0.15, 0.2) is 9.84 Å². The molecule has 10 heteroatoms. The Morgan fingerprint density at radius 1 is 0.944 bits per heavy atom. The summed E-state index contributed by atoms with van der Waals surface area (Å²) in [6.45, 7) is 2.62. The van der Waals surface area contributed by atoms with Crippen molar-refractivity contribution in [3.8, 4) is 0 Å². The van der Waals surface area contributed by atoms with Crippen molar-refractivity contribution >= 4 is 31.5 Å². The molecule has 192 valence electrons. The standard InChI is InChI=1S/C26H30ClN3O4S2/c1-35(31,32)25-5-2-6-26(18-25)36(33,34)30(20-22-4-3-14-28-19-22)24-12-16-29(17-13-24)15-11-21-7-9-23(27)10-8-21/h2-10,14,18-19,24H,11-13,15-17,20H2,1H3. The first-order chi connectivity index (χ1) is 17.1. The van der Waals surface area contributed by atoms with E-state index in [1.54, 1.807) is 18.5 Å². The minimum atomic E-state index is -3.95. The highest BCUT2D eigenvalue weighted by Gasteiger charge is 2.34. The van der Waals surface area contributed by atoms with Gasteiger partial charge in [0.2, 0.25) is 10.0 Å². The van der Waals surface area contributed by atoms with Gasteiger partial charge in [0, 0.05) is 42.8 Å². The van der Waals surface area contributed by atoms with Gasteiger partial charge in [0.25, 0.3) is 0 Å². The van der Waals surface area contributed by atoms with Gasteiger partial charge in [-0.2, -0.15) is 4.31 Å². The maximum Gasteiger partial charge on any atom is 0.243 e. The number of sulfone groups is 1. The summed E-state index contributed by atoms with van der Waals surface area (Å²) in [4.78, 5) is 6.46. The largest absolute Gasteiger partial charge is 0.303 e. The van der Waals surface area contributed by atoms with E-state index < -0.39 is 19.9 Å². The Bertz CT molecular complexity index is 1370. The highest BCUT2D eigenvalue weighted by molar-refractivity contribution is 7.91. The highest BCUT2D eigenvalue weighted by atomic mass is 35.5. The summed E-state index contributed by atoms with van der Waals surface area (Å²) in [5.41, 5.74) is 2.00. The first-order valence-corrected chi connectivity index (χ1v) is 15.5. The molecule has 1 fully saturated rings. The third-order valence-electron chi connectivity index (χ3n) is 6.50. The van der Waals surface area contributed by atoms with E-state index in [4.69, 9.17) is 11.6 Å². The molecule has 1 saturated heterocycles. The van der Waals surface area contributed by atoms with E-state index in [9.17, 15) is 16.8 Å². The lowest BCUT2D eigenvalue weighted by atomic mass is 10.0. The molecule has 0 bridgehead atoms. The molecule has 7 nitrogen and oxygen atoms in total. The molecular weight excluding hydrogens is 518 g/mol. The number of hydrogen-bond acceptors (Lipinski definition) is 6. The van der Waals surface area contributed by atoms with Crippen LogP contribution in [0.15, 0.2) is 82.8 Å². The number of likely N-dealkylation sites (tertiary alicyclic amines) is 1. The topological polar surface area (TPSA) is 87.6 Å². The third kappa shape index (κ3) is 6.72. The normalized spacial score (nSPS) is 15.9. The molecule has 1 aromatic heterocycles. The number of nitrogens with zero attached hydrogens (tertiary/aromatic N) is 3. The molecular formula is C26H30ClN3O4S2. The molecule has 3 aromatic rings. The predicted octanol–water partition coefficient (Wildman–Crippen LogP) is 4.04. The molecule has 0 aliphatic carbocycles. The summed E-state index contributed by atoms with van der Waals surface area (Å²) in [6.07, 6.45) is 6.66. The third-order valence-corrected chi connectivity index (χ3v) is 9.75. The maximum absolute atomic E-state index is 13.8. The lowest BCUT2D eigenvalue weighted by Gasteiger charge is -2.38. The van der Waals surface area contributed by atoms with Crippen LogP contribution >= 0.6 is 11.6 Å². The minimum absolute atomic E-state index is 0.0121. The number of benzene rings is 2. The summed E-state index contributed by atoms with van der Waals surface area (Å²) >= 11 is 5.98. The summed E-state index contributed by atoms with van der Waals surface area (Å²) in [5.74, 6) is 0. The average Bonchev–Trinajstić information content (AvgIpc) is 2.87. The smallest absolute Gasteiger partial charge is 0.243 e. The van der Waals surface area contributed by atoms with Crippen LogP contribution in [0, 0.1) is 0 Å². The van der Waals surface area contributed by atoms with Crippen molar-refractivity contribution in [1.29, 1.82) is 0 Å². The molecule has 0 atom stereocenters. The molecule has 0 N–H and O–H groups in total. The van der Waals surface area contributed by atoms with Gasteiger partial charge in [-0.1, -0.05) is 35.9 Å². The Hall–Kier alpha value is -2.30. The summed E-state index contributed by atoms with van der Waals surface area (Å²) in [6, 6.07) is 16.9. The lowest BCUT2D eigenvalue weighted by molar-refractivity contribution is 0.157. The van der Waals surface area contributed by atoms with Crippen molar-refractivity contribution in [1.82, 2.24) is 14.2 Å². The summed E-state index contributed by atoms with van der Waals surface area (Å²) in [5, 5.41) is 0.719. The number of pyridine rings is 1. The van der Waals surface area contributed by atoms with E-state index in [2.05, 4.69) is 9.88 Å². The van der Waals surface area contributed by atoms with Gasteiger partial charge in [0.05, 0.1) is 9.79 Å². The van der Waals surface area contributed by atoms with Gasteiger partial charge < -0.3 is 4.90 Å². The van der Waals surface area contributed by atoms with Crippen LogP contribution in [0.3, 0.4) is 0 Å². The van der Waals surface area contributed by atoms with Crippen LogP contribution < -0.4 is 0 Å². The maximum atomic E-state index is 13.8. The molecule has 36 heavy (non-hydrogen) atoms. The zero-order chi connectivity index (χ0) is 25.8. The van der Waals surface area contributed by atoms with E-state index in [0.29, 0.717) is 12.8 Å². The molecule has 0 spiro atoms. The first-order valence-electron chi connectivity index (χ1n) is 11.8. The Morgan fingerprint density at radius 2 is 1.64 bits per heavy atom. The second-order valence-electron chi connectivity index (χ2n) is 9.11. The van der Waals surface area contributed by atoms with E-state index in [-0.39, 0.29) is 22.4 Å². The van der Waals surface area contributed by atoms with Gasteiger partial charge in [-0.15, -0.1) is 0 Å². The molecule has 1 aliphatic rings. The zero-order valence-corrected chi connectivity index (χ0v) is 22.5. The Labute approximate surface area is 218 Å². The Kier molecular flexibility index (Phi) is 8.47. The van der Waals surface area contributed by atoms with Crippen LogP contribution in [-0.2, 0) is 32.8 Å². The fraction of sp³-hybridized carbons (Fsp3) is 0.346. The van der Waals surface area contributed by atoms with E-state index in [0.717, 1.165) is 42.9 Å². The number of aromatic nitrogens is 1. The highest BCUT2D eigenvalue weighted by Crippen LogP contribution is 2.28. The molecule has 4 rings (SSSR count). The number of hydrogen-bond donors (Lipinski definition) is 0. The number of halogens is 1. The van der Waals surface area contributed by atoms with Crippen molar-refractivity contribution in [2.45, 2.75) is 41.6 Å². The molecule has 2 heterocycles.